The van der Waals surface area contributed by atoms with Gasteiger partial charge in [0.25, 0.3) is 0 Å². The summed E-state index contributed by atoms with van der Waals surface area (Å²) in [6.07, 6.45) is 5.55. The summed E-state index contributed by atoms with van der Waals surface area (Å²) >= 11 is 1.62. The van der Waals surface area contributed by atoms with E-state index in [0.29, 0.717) is 6.42 Å². The number of methoxy groups -OCH3 is 1. The Morgan fingerprint density at radius 1 is 1.33 bits per heavy atom. The first-order valence-corrected chi connectivity index (χ1v) is 7.47. The molecule has 0 unspecified atom stereocenters. The van der Waals surface area contributed by atoms with Gasteiger partial charge in [-0.15, -0.1) is 11.8 Å². The van der Waals surface area contributed by atoms with Crippen molar-refractivity contribution in [3.8, 4) is 17.6 Å². The third kappa shape index (κ3) is 4.78. The van der Waals surface area contributed by atoms with E-state index < -0.39 is 0 Å². The molecule has 0 amide bonds. The number of aliphatic hydroxyl groups is 1. The van der Waals surface area contributed by atoms with Gasteiger partial charge >= 0.3 is 0 Å². The predicted molar refractivity (Wildman–Crippen MR) is 83.2 cm³/mol. The lowest BCUT2D eigenvalue weighted by Crippen LogP contribution is -1.91. The maximum absolute atomic E-state index is 8.79. The van der Waals surface area contributed by atoms with Crippen LogP contribution in [0.3, 0.4) is 0 Å². The lowest BCUT2D eigenvalue weighted by Gasteiger charge is -2.06. The molecule has 2 aromatic rings. The molecule has 0 bridgehead atoms. The molecule has 21 heavy (non-hydrogen) atoms. The summed E-state index contributed by atoms with van der Waals surface area (Å²) < 4.78 is 5.30. The topological polar surface area (TPSA) is 55.2 Å². The summed E-state index contributed by atoms with van der Waals surface area (Å²) in [7, 11) is 1.63. The van der Waals surface area contributed by atoms with Crippen molar-refractivity contribution in [2.75, 3.05) is 13.7 Å². The lowest BCUT2D eigenvalue weighted by atomic mass is 10.1. The summed E-state index contributed by atoms with van der Waals surface area (Å²) in [5, 5.41) is 9.68. The molecular weight excluding hydrogens is 284 g/mol. The normalized spacial score (nSPS) is 9.81. The standard InChI is InChI=1S/C16H16N2O2S/c1-20-15-6-5-13(10-14(15)4-2-3-9-19)12-21-16-11-17-7-8-18-16/h5-8,10-11,19H,3,9,12H2,1H3. The molecule has 0 fully saturated rings. The van der Waals surface area contributed by atoms with Crippen LogP contribution in [0.4, 0.5) is 0 Å². The summed E-state index contributed by atoms with van der Waals surface area (Å²) in [5.74, 6) is 7.48. The molecule has 0 spiro atoms. The van der Waals surface area contributed by atoms with Gasteiger partial charge in [0.1, 0.15) is 10.8 Å². The van der Waals surface area contributed by atoms with Gasteiger partial charge in [0.2, 0.25) is 0 Å². The molecule has 0 saturated heterocycles. The van der Waals surface area contributed by atoms with E-state index in [-0.39, 0.29) is 6.61 Å². The molecule has 0 radical (unpaired) electrons. The number of hydrogen-bond donors (Lipinski definition) is 1. The fourth-order valence-electron chi connectivity index (χ4n) is 1.67. The van der Waals surface area contributed by atoms with Crippen LogP contribution in [-0.4, -0.2) is 28.8 Å². The summed E-state index contributed by atoms with van der Waals surface area (Å²) in [5.41, 5.74) is 1.97. The van der Waals surface area contributed by atoms with Crippen LogP contribution in [0, 0.1) is 11.8 Å². The average Bonchev–Trinajstić information content (AvgIpc) is 2.54. The molecule has 0 aliphatic heterocycles. The number of aromatic nitrogens is 2. The highest BCUT2D eigenvalue weighted by Crippen LogP contribution is 2.24. The van der Waals surface area contributed by atoms with Crippen molar-refractivity contribution in [2.24, 2.45) is 0 Å². The average molecular weight is 300 g/mol. The Hall–Kier alpha value is -2.03. The quantitative estimate of drug-likeness (QED) is 0.679. The molecule has 0 aliphatic rings. The number of thioether (sulfide) groups is 1. The molecule has 1 aromatic heterocycles. The van der Waals surface area contributed by atoms with E-state index in [1.54, 1.807) is 37.5 Å². The van der Waals surface area contributed by atoms with Crippen LogP contribution >= 0.6 is 11.8 Å². The Morgan fingerprint density at radius 3 is 2.95 bits per heavy atom. The first-order valence-electron chi connectivity index (χ1n) is 6.49. The van der Waals surface area contributed by atoms with Crippen molar-refractivity contribution < 1.29 is 9.84 Å². The molecule has 1 heterocycles. The van der Waals surface area contributed by atoms with Gasteiger partial charge in [-0.05, 0) is 17.7 Å². The second-order valence-electron chi connectivity index (χ2n) is 4.14. The van der Waals surface area contributed by atoms with Crippen molar-refractivity contribution in [3.05, 3.63) is 47.9 Å². The van der Waals surface area contributed by atoms with E-state index in [9.17, 15) is 0 Å². The van der Waals surface area contributed by atoms with Gasteiger partial charge < -0.3 is 9.84 Å². The van der Waals surface area contributed by atoms with E-state index in [4.69, 9.17) is 9.84 Å². The van der Waals surface area contributed by atoms with Crippen LogP contribution in [0.1, 0.15) is 17.5 Å². The third-order valence-corrected chi connectivity index (χ3v) is 3.63. The molecular formula is C16H16N2O2S. The van der Waals surface area contributed by atoms with E-state index in [2.05, 4.69) is 21.8 Å². The fourth-order valence-corrected chi connectivity index (χ4v) is 2.44. The van der Waals surface area contributed by atoms with Gasteiger partial charge in [-0.2, -0.15) is 0 Å². The van der Waals surface area contributed by atoms with Crippen LogP contribution in [0.2, 0.25) is 0 Å². The van der Waals surface area contributed by atoms with Crippen LogP contribution in [0.25, 0.3) is 0 Å². The minimum absolute atomic E-state index is 0.0670. The van der Waals surface area contributed by atoms with Crippen molar-refractivity contribution >= 4 is 11.8 Å². The molecule has 4 nitrogen and oxygen atoms in total. The third-order valence-electron chi connectivity index (χ3n) is 2.65. The number of rotatable bonds is 5. The monoisotopic (exact) mass is 300 g/mol. The number of aliphatic hydroxyl groups excluding tert-OH is 1. The zero-order valence-electron chi connectivity index (χ0n) is 11.7. The maximum Gasteiger partial charge on any atom is 0.134 e. The van der Waals surface area contributed by atoms with E-state index in [0.717, 1.165) is 27.7 Å². The molecule has 5 heteroatoms. The lowest BCUT2D eigenvalue weighted by molar-refractivity contribution is 0.305. The van der Waals surface area contributed by atoms with Gasteiger partial charge in [0, 0.05) is 24.6 Å². The highest BCUT2D eigenvalue weighted by molar-refractivity contribution is 7.98. The molecule has 0 saturated carbocycles. The van der Waals surface area contributed by atoms with Gasteiger partial charge in [-0.3, -0.25) is 4.98 Å². The highest BCUT2D eigenvalue weighted by atomic mass is 32.2. The first-order chi connectivity index (χ1) is 10.3. The minimum Gasteiger partial charge on any atom is -0.495 e. The van der Waals surface area contributed by atoms with Gasteiger partial charge in [0.05, 0.1) is 25.5 Å². The highest BCUT2D eigenvalue weighted by Gasteiger charge is 2.03. The first kappa shape index (κ1) is 15.4. The van der Waals surface area contributed by atoms with Crippen LogP contribution in [-0.2, 0) is 5.75 Å². The molecule has 0 atom stereocenters. The Bertz CT molecular complexity index is 636. The predicted octanol–water partition coefficient (Wildman–Crippen LogP) is 2.51. The van der Waals surface area contributed by atoms with E-state index in [1.807, 2.05) is 18.2 Å². The fraction of sp³-hybridized carbons (Fsp3) is 0.250. The van der Waals surface area contributed by atoms with Crippen LogP contribution in [0.15, 0.2) is 41.8 Å². The summed E-state index contributed by atoms with van der Waals surface area (Å²) in [6, 6.07) is 5.93. The largest absolute Gasteiger partial charge is 0.495 e. The van der Waals surface area contributed by atoms with Crippen molar-refractivity contribution in [3.63, 3.8) is 0 Å². The van der Waals surface area contributed by atoms with E-state index in [1.165, 1.54) is 0 Å². The Balaban J connectivity index is 2.10. The Labute approximate surface area is 128 Å². The van der Waals surface area contributed by atoms with Gasteiger partial charge in [0.15, 0.2) is 0 Å². The van der Waals surface area contributed by atoms with Crippen molar-refractivity contribution in [1.82, 2.24) is 9.97 Å². The second kappa shape index (κ2) is 8.30. The second-order valence-corrected chi connectivity index (χ2v) is 5.14. The molecule has 1 N–H and O–H groups in total. The smallest absolute Gasteiger partial charge is 0.134 e. The number of nitrogens with zero attached hydrogens (tertiary/aromatic N) is 2. The molecule has 1 aromatic carbocycles. The molecule has 2 rings (SSSR count). The minimum atomic E-state index is 0.0670. The zero-order chi connectivity index (χ0) is 14.9. The SMILES string of the molecule is COc1ccc(CSc2cnccn2)cc1C#CCCO. The summed E-state index contributed by atoms with van der Waals surface area (Å²) in [4.78, 5) is 8.27. The van der Waals surface area contributed by atoms with Crippen LogP contribution < -0.4 is 4.74 Å². The van der Waals surface area contributed by atoms with Gasteiger partial charge in [-0.1, -0.05) is 17.9 Å². The number of ether oxygens (including phenoxy) is 1. The Kier molecular flexibility index (Phi) is 6.07. The van der Waals surface area contributed by atoms with Crippen molar-refractivity contribution in [1.29, 1.82) is 0 Å². The van der Waals surface area contributed by atoms with Gasteiger partial charge in [-0.25, -0.2) is 4.98 Å². The Morgan fingerprint density at radius 2 is 2.24 bits per heavy atom. The molecule has 0 aliphatic carbocycles. The summed E-state index contributed by atoms with van der Waals surface area (Å²) in [6.45, 7) is 0.0670. The maximum atomic E-state index is 8.79. The number of benzene rings is 1. The molecule has 108 valence electrons. The van der Waals surface area contributed by atoms with E-state index >= 15 is 0 Å². The number of hydrogen-bond acceptors (Lipinski definition) is 5. The zero-order valence-corrected chi connectivity index (χ0v) is 12.6. The van der Waals surface area contributed by atoms with Crippen LogP contribution in [0.5, 0.6) is 5.75 Å². The van der Waals surface area contributed by atoms with Crippen molar-refractivity contribution in [2.45, 2.75) is 17.2 Å².